The molecular weight excluding hydrogens is 381 g/mol. The fourth-order valence-electron chi connectivity index (χ4n) is 2.67. The zero-order chi connectivity index (χ0) is 18.6. The molecular formula is C16H18FN3O4S2. The van der Waals surface area contributed by atoms with Gasteiger partial charge in [-0.15, -0.1) is 10.2 Å². The molecule has 0 saturated carbocycles. The molecule has 1 N–H and O–H groups in total. The van der Waals surface area contributed by atoms with E-state index in [1.165, 1.54) is 6.07 Å². The smallest absolute Gasteiger partial charge is 0.277 e. The molecule has 1 aromatic heterocycles. The number of carbonyl (C=O) groups excluding carboxylic acids is 1. The molecule has 0 bridgehead atoms. The van der Waals surface area contributed by atoms with Gasteiger partial charge in [-0.25, -0.2) is 12.8 Å². The maximum atomic E-state index is 13.5. The molecule has 1 aromatic carbocycles. The summed E-state index contributed by atoms with van der Waals surface area (Å²) >= 11 is 1.08. The van der Waals surface area contributed by atoms with Crippen molar-refractivity contribution in [3.8, 4) is 0 Å². The molecule has 10 heteroatoms. The molecule has 1 aliphatic rings. The number of halogens is 1. The summed E-state index contributed by atoms with van der Waals surface area (Å²) in [7, 11) is -2.94. The van der Waals surface area contributed by atoms with Gasteiger partial charge >= 0.3 is 0 Å². The summed E-state index contributed by atoms with van der Waals surface area (Å²) in [6, 6.07) is 6.24. The minimum atomic E-state index is -2.94. The topological polar surface area (TPSA) is 102 Å². The fraction of sp³-hybridized carbons (Fsp3) is 0.438. The van der Waals surface area contributed by atoms with Gasteiger partial charge in [0.15, 0.2) is 9.84 Å². The fourth-order valence-corrected chi connectivity index (χ4v) is 5.15. The van der Waals surface area contributed by atoms with E-state index < -0.39 is 9.84 Å². The van der Waals surface area contributed by atoms with Gasteiger partial charge in [-0.3, -0.25) is 4.79 Å². The lowest BCUT2D eigenvalue weighted by molar-refractivity contribution is -0.118. The zero-order valence-electron chi connectivity index (χ0n) is 13.9. The lowest BCUT2D eigenvalue weighted by Gasteiger charge is -2.05. The summed E-state index contributed by atoms with van der Waals surface area (Å²) < 4.78 is 41.9. The van der Waals surface area contributed by atoms with Crippen molar-refractivity contribution in [3.63, 3.8) is 0 Å². The highest BCUT2D eigenvalue weighted by atomic mass is 32.2. The van der Waals surface area contributed by atoms with Gasteiger partial charge in [0, 0.05) is 18.5 Å². The molecule has 0 unspecified atom stereocenters. The van der Waals surface area contributed by atoms with E-state index >= 15 is 0 Å². The highest BCUT2D eigenvalue weighted by Crippen LogP contribution is 2.23. The lowest BCUT2D eigenvalue weighted by Crippen LogP contribution is -2.25. The van der Waals surface area contributed by atoms with E-state index in [1.807, 2.05) is 0 Å². The number of benzene rings is 1. The molecule has 0 aliphatic carbocycles. The minimum absolute atomic E-state index is 0.00219. The first kappa shape index (κ1) is 18.8. The molecule has 7 nitrogen and oxygen atoms in total. The number of nitrogens with zero attached hydrogens (tertiary/aromatic N) is 2. The SMILES string of the molecule is O=C(CSc1nnc(C[C@@H]2CCS(=O)(=O)C2)o1)NCc1ccccc1F. The third-order valence-electron chi connectivity index (χ3n) is 4.00. The van der Waals surface area contributed by atoms with Gasteiger partial charge < -0.3 is 9.73 Å². The Balaban J connectivity index is 1.43. The quantitative estimate of drug-likeness (QED) is 0.706. The van der Waals surface area contributed by atoms with Gasteiger partial charge in [-0.05, 0) is 18.4 Å². The average Bonchev–Trinajstić information content (AvgIpc) is 3.18. The normalized spacial score (nSPS) is 18.7. The lowest BCUT2D eigenvalue weighted by atomic mass is 10.1. The van der Waals surface area contributed by atoms with E-state index in [9.17, 15) is 17.6 Å². The van der Waals surface area contributed by atoms with Crippen LogP contribution in [0, 0.1) is 11.7 Å². The number of hydrogen-bond acceptors (Lipinski definition) is 7. The van der Waals surface area contributed by atoms with Crippen LogP contribution in [0.3, 0.4) is 0 Å². The Morgan fingerprint density at radius 3 is 2.88 bits per heavy atom. The second-order valence-corrected chi connectivity index (χ2v) is 9.25. The summed E-state index contributed by atoms with van der Waals surface area (Å²) in [5.41, 5.74) is 0.414. The Labute approximate surface area is 154 Å². The van der Waals surface area contributed by atoms with Crippen LogP contribution in [-0.2, 0) is 27.6 Å². The van der Waals surface area contributed by atoms with E-state index in [0.29, 0.717) is 24.3 Å². The number of nitrogens with one attached hydrogen (secondary N) is 1. The first-order valence-corrected chi connectivity index (χ1v) is 10.9. The third-order valence-corrected chi connectivity index (χ3v) is 6.65. The molecule has 3 rings (SSSR count). The highest BCUT2D eigenvalue weighted by Gasteiger charge is 2.29. The van der Waals surface area contributed by atoms with Gasteiger partial charge in [0.25, 0.3) is 5.22 Å². The van der Waals surface area contributed by atoms with Crippen molar-refractivity contribution < 1.29 is 22.0 Å². The first-order chi connectivity index (χ1) is 12.4. The van der Waals surface area contributed by atoms with Gasteiger partial charge in [-0.2, -0.15) is 0 Å². The van der Waals surface area contributed by atoms with Crippen molar-refractivity contribution in [1.29, 1.82) is 0 Å². The van der Waals surface area contributed by atoms with Crippen LogP contribution in [0.1, 0.15) is 17.9 Å². The van der Waals surface area contributed by atoms with Crippen LogP contribution < -0.4 is 5.32 Å². The largest absolute Gasteiger partial charge is 0.416 e. The standard InChI is InChI=1S/C16H18FN3O4S2/c17-13-4-2-1-3-12(13)8-18-14(21)9-25-16-20-19-15(24-16)7-11-5-6-26(22,23)10-11/h1-4,11H,5-10H2,(H,18,21)/t11-/m0/s1. The molecule has 1 amide bonds. The van der Waals surface area contributed by atoms with Crippen LogP contribution in [0.5, 0.6) is 0 Å². The summed E-state index contributed by atoms with van der Waals surface area (Å²) in [5, 5.41) is 10.6. The van der Waals surface area contributed by atoms with Crippen molar-refractivity contribution >= 4 is 27.5 Å². The number of amides is 1. The van der Waals surface area contributed by atoms with Crippen molar-refractivity contribution in [1.82, 2.24) is 15.5 Å². The predicted molar refractivity (Wildman–Crippen MR) is 93.7 cm³/mol. The number of carbonyl (C=O) groups is 1. The summed E-state index contributed by atoms with van der Waals surface area (Å²) in [4.78, 5) is 11.8. The van der Waals surface area contributed by atoms with Crippen molar-refractivity contribution in [3.05, 3.63) is 41.5 Å². The van der Waals surface area contributed by atoms with Gasteiger partial charge in [0.1, 0.15) is 5.82 Å². The molecule has 140 valence electrons. The Morgan fingerprint density at radius 1 is 1.35 bits per heavy atom. The number of hydrogen-bond donors (Lipinski definition) is 1. The Hall–Kier alpha value is -1.94. The van der Waals surface area contributed by atoms with E-state index in [2.05, 4.69) is 15.5 Å². The maximum absolute atomic E-state index is 13.5. The van der Waals surface area contributed by atoms with E-state index in [1.54, 1.807) is 18.2 Å². The molecule has 2 aromatic rings. The zero-order valence-corrected chi connectivity index (χ0v) is 15.5. The summed E-state index contributed by atoms with van der Waals surface area (Å²) in [6.07, 6.45) is 1.03. The molecule has 1 atom stereocenters. The van der Waals surface area contributed by atoms with Crippen molar-refractivity contribution in [2.45, 2.75) is 24.6 Å². The Morgan fingerprint density at radius 2 is 2.15 bits per heavy atom. The molecule has 1 fully saturated rings. The predicted octanol–water partition coefficient (Wildman–Crippen LogP) is 1.59. The molecule has 2 heterocycles. The molecule has 26 heavy (non-hydrogen) atoms. The van der Waals surface area contributed by atoms with E-state index in [-0.39, 0.29) is 46.7 Å². The maximum Gasteiger partial charge on any atom is 0.277 e. The third kappa shape index (κ3) is 5.28. The number of rotatable bonds is 7. The molecule has 0 spiro atoms. The van der Waals surface area contributed by atoms with Gasteiger partial charge in [0.05, 0.1) is 17.3 Å². The number of aromatic nitrogens is 2. The van der Waals surface area contributed by atoms with Crippen LogP contribution >= 0.6 is 11.8 Å². The first-order valence-electron chi connectivity index (χ1n) is 8.07. The Bertz CT molecular complexity index is 885. The molecule has 1 saturated heterocycles. The van der Waals surface area contributed by atoms with Gasteiger partial charge in [0.2, 0.25) is 11.8 Å². The van der Waals surface area contributed by atoms with Gasteiger partial charge in [-0.1, -0.05) is 30.0 Å². The minimum Gasteiger partial charge on any atom is -0.416 e. The number of sulfone groups is 1. The highest BCUT2D eigenvalue weighted by molar-refractivity contribution is 7.99. The average molecular weight is 399 g/mol. The van der Waals surface area contributed by atoms with E-state index in [0.717, 1.165) is 11.8 Å². The second-order valence-electron chi connectivity index (χ2n) is 6.09. The molecule has 0 radical (unpaired) electrons. The van der Waals surface area contributed by atoms with Crippen molar-refractivity contribution in [2.24, 2.45) is 5.92 Å². The van der Waals surface area contributed by atoms with Crippen LogP contribution in [0.2, 0.25) is 0 Å². The second kappa shape index (κ2) is 8.17. The Kier molecular flexibility index (Phi) is 5.92. The van der Waals surface area contributed by atoms with Crippen LogP contribution in [-0.4, -0.2) is 41.8 Å². The number of thioether (sulfide) groups is 1. The molecule has 1 aliphatic heterocycles. The van der Waals surface area contributed by atoms with E-state index in [4.69, 9.17) is 4.42 Å². The van der Waals surface area contributed by atoms with Crippen LogP contribution in [0.25, 0.3) is 0 Å². The monoisotopic (exact) mass is 399 g/mol. The summed E-state index contributed by atoms with van der Waals surface area (Å²) in [5.74, 6) is 0.152. The van der Waals surface area contributed by atoms with Crippen LogP contribution in [0.15, 0.2) is 33.9 Å². The summed E-state index contributed by atoms with van der Waals surface area (Å²) in [6.45, 7) is 0.108. The van der Waals surface area contributed by atoms with Crippen LogP contribution in [0.4, 0.5) is 4.39 Å². The van der Waals surface area contributed by atoms with Crippen molar-refractivity contribution in [2.75, 3.05) is 17.3 Å².